The Balaban J connectivity index is 2.19. The monoisotopic (exact) mass is 414 g/mol. The van der Waals surface area contributed by atoms with Crippen LogP contribution in [0.4, 0.5) is 4.39 Å². The molecular formula is C17H20BrFN2O4. The lowest BCUT2D eigenvalue weighted by Gasteiger charge is -2.29. The van der Waals surface area contributed by atoms with Crippen LogP contribution in [0.3, 0.4) is 0 Å². The highest BCUT2D eigenvalue weighted by Gasteiger charge is 2.38. The van der Waals surface area contributed by atoms with Gasteiger partial charge in [-0.25, -0.2) is 9.18 Å². The highest BCUT2D eigenvalue weighted by Crippen LogP contribution is 2.21. The third kappa shape index (κ3) is 4.36. The van der Waals surface area contributed by atoms with Crippen molar-refractivity contribution in [3.8, 4) is 0 Å². The van der Waals surface area contributed by atoms with Crippen molar-refractivity contribution in [3.63, 3.8) is 0 Å². The fourth-order valence-corrected chi connectivity index (χ4v) is 3.21. The largest absolute Gasteiger partial charge is 0.480 e. The summed E-state index contributed by atoms with van der Waals surface area (Å²) in [7, 11) is 0. The van der Waals surface area contributed by atoms with Gasteiger partial charge in [0.05, 0.1) is 5.56 Å². The maximum Gasteiger partial charge on any atom is 0.326 e. The molecule has 1 heterocycles. The number of rotatable bonds is 5. The molecule has 0 aliphatic carbocycles. The number of likely N-dealkylation sites (tertiary alicyclic amines) is 1. The van der Waals surface area contributed by atoms with Crippen molar-refractivity contribution < 1.29 is 23.9 Å². The van der Waals surface area contributed by atoms with Crippen LogP contribution in [-0.2, 0) is 9.59 Å². The number of halogens is 2. The molecule has 1 aliphatic heterocycles. The predicted octanol–water partition coefficient (Wildman–Crippen LogP) is 2.42. The minimum atomic E-state index is -1.06. The van der Waals surface area contributed by atoms with Gasteiger partial charge in [-0.15, -0.1) is 0 Å². The van der Waals surface area contributed by atoms with Crippen LogP contribution >= 0.6 is 15.9 Å². The Kier molecular flexibility index (Phi) is 6.16. The number of benzene rings is 1. The fraction of sp³-hybridized carbons (Fsp3) is 0.471. The van der Waals surface area contributed by atoms with Gasteiger partial charge in [-0.3, -0.25) is 9.59 Å². The second kappa shape index (κ2) is 7.95. The van der Waals surface area contributed by atoms with Crippen LogP contribution in [0.2, 0.25) is 0 Å². The molecule has 8 heteroatoms. The van der Waals surface area contributed by atoms with Crippen molar-refractivity contribution in [2.45, 2.75) is 38.8 Å². The van der Waals surface area contributed by atoms with Gasteiger partial charge < -0.3 is 15.3 Å². The third-order valence-corrected chi connectivity index (χ3v) is 4.71. The minimum Gasteiger partial charge on any atom is -0.480 e. The van der Waals surface area contributed by atoms with E-state index in [9.17, 15) is 23.9 Å². The number of carboxylic acid groups (broad SMARTS) is 1. The van der Waals surface area contributed by atoms with E-state index in [2.05, 4.69) is 21.2 Å². The molecule has 1 aromatic rings. The summed E-state index contributed by atoms with van der Waals surface area (Å²) < 4.78 is 14.5. The lowest BCUT2D eigenvalue weighted by molar-refractivity contribution is -0.149. The van der Waals surface area contributed by atoms with Gasteiger partial charge in [0.1, 0.15) is 17.9 Å². The molecule has 1 aromatic carbocycles. The van der Waals surface area contributed by atoms with E-state index in [0.717, 1.165) is 0 Å². The van der Waals surface area contributed by atoms with E-state index in [-0.39, 0.29) is 11.5 Å². The molecule has 2 N–H and O–H groups in total. The first-order valence-electron chi connectivity index (χ1n) is 8.01. The van der Waals surface area contributed by atoms with Gasteiger partial charge in [-0.05, 0) is 37.0 Å². The van der Waals surface area contributed by atoms with Crippen molar-refractivity contribution in [1.29, 1.82) is 0 Å². The molecule has 136 valence electrons. The number of carbonyl (C=O) groups excluding carboxylic acids is 2. The third-order valence-electron chi connectivity index (χ3n) is 4.22. The Labute approximate surface area is 153 Å². The van der Waals surface area contributed by atoms with Crippen LogP contribution in [0, 0.1) is 11.7 Å². The SMILES string of the molecule is CC(C)[C@H](NC(=O)c1ccc(Br)cc1F)C(=O)N1CCC[C@H]1C(=O)O. The molecule has 0 bridgehead atoms. The highest BCUT2D eigenvalue weighted by molar-refractivity contribution is 9.10. The van der Waals surface area contributed by atoms with Crippen LogP contribution in [-0.4, -0.2) is 46.4 Å². The van der Waals surface area contributed by atoms with Gasteiger partial charge in [-0.2, -0.15) is 0 Å². The minimum absolute atomic E-state index is 0.169. The molecule has 0 saturated carbocycles. The normalized spacial score (nSPS) is 18.3. The molecule has 1 saturated heterocycles. The molecule has 0 unspecified atom stereocenters. The van der Waals surface area contributed by atoms with Gasteiger partial charge in [0.15, 0.2) is 0 Å². The van der Waals surface area contributed by atoms with E-state index >= 15 is 0 Å². The summed E-state index contributed by atoms with van der Waals surface area (Å²) in [6.07, 6.45) is 0.990. The molecule has 2 atom stereocenters. The van der Waals surface area contributed by atoms with E-state index in [1.807, 2.05) is 0 Å². The van der Waals surface area contributed by atoms with Gasteiger partial charge in [0, 0.05) is 11.0 Å². The lowest BCUT2D eigenvalue weighted by atomic mass is 10.0. The first-order chi connectivity index (χ1) is 11.7. The second-order valence-electron chi connectivity index (χ2n) is 6.35. The molecule has 2 amide bonds. The van der Waals surface area contributed by atoms with Crippen molar-refractivity contribution in [2.24, 2.45) is 5.92 Å². The number of carboxylic acids is 1. The topological polar surface area (TPSA) is 86.7 Å². The van der Waals surface area contributed by atoms with E-state index in [0.29, 0.717) is 23.9 Å². The Hall–Kier alpha value is -1.96. The van der Waals surface area contributed by atoms with Crippen LogP contribution in [0.15, 0.2) is 22.7 Å². The van der Waals surface area contributed by atoms with E-state index in [1.54, 1.807) is 13.8 Å². The number of amides is 2. The average molecular weight is 415 g/mol. The summed E-state index contributed by atoms with van der Waals surface area (Å²) >= 11 is 3.12. The average Bonchev–Trinajstić information content (AvgIpc) is 3.01. The zero-order valence-electron chi connectivity index (χ0n) is 14.0. The van der Waals surface area contributed by atoms with Crippen LogP contribution in [0.25, 0.3) is 0 Å². The standard InChI is InChI=1S/C17H20BrFN2O4/c1-9(2)14(16(23)21-7-3-4-13(21)17(24)25)20-15(22)11-6-5-10(18)8-12(11)19/h5-6,8-9,13-14H,3-4,7H2,1-2H3,(H,20,22)(H,24,25)/t13-,14-/m0/s1. The molecule has 1 aliphatic rings. The van der Waals surface area contributed by atoms with Crippen molar-refractivity contribution in [2.75, 3.05) is 6.54 Å². The molecule has 0 radical (unpaired) electrons. The van der Waals surface area contributed by atoms with Gasteiger partial charge >= 0.3 is 5.97 Å². The molecular weight excluding hydrogens is 395 g/mol. The zero-order valence-corrected chi connectivity index (χ0v) is 15.5. The molecule has 25 heavy (non-hydrogen) atoms. The number of nitrogens with one attached hydrogen (secondary N) is 1. The summed E-state index contributed by atoms with van der Waals surface area (Å²) in [5.41, 5.74) is -0.169. The summed E-state index contributed by atoms with van der Waals surface area (Å²) in [6.45, 7) is 3.82. The van der Waals surface area contributed by atoms with E-state index < -0.39 is 35.7 Å². The second-order valence-corrected chi connectivity index (χ2v) is 7.26. The van der Waals surface area contributed by atoms with E-state index in [4.69, 9.17) is 0 Å². The first-order valence-corrected chi connectivity index (χ1v) is 8.81. The van der Waals surface area contributed by atoms with Crippen LogP contribution in [0.5, 0.6) is 0 Å². The first kappa shape index (κ1) is 19.4. The Morgan fingerprint density at radius 3 is 2.60 bits per heavy atom. The Bertz CT molecular complexity index is 695. The summed E-state index contributed by atoms with van der Waals surface area (Å²) in [4.78, 5) is 37.7. The molecule has 1 fully saturated rings. The Morgan fingerprint density at radius 2 is 2.04 bits per heavy atom. The smallest absolute Gasteiger partial charge is 0.326 e. The summed E-state index contributed by atoms with van der Waals surface area (Å²) in [5.74, 6) is -3.19. The number of carbonyl (C=O) groups is 3. The van der Waals surface area contributed by atoms with Crippen molar-refractivity contribution in [1.82, 2.24) is 10.2 Å². The van der Waals surface area contributed by atoms with Crippen molar-refractivity contribution in [3.05, 3.63) is 34.1 Å². The Morgan fingerprint density at radius 1 is 1.36 bits per heavy atom. The molecule has 2 rings (SSSR count). The quantitative estimate of drug-likeness (QED) is 0.774. The highest BCUT2D eigenvalue weighted by atomic mass is 79.9. The summed E-state index contributed by atoms with van der Waals surface area (Å²) in [6, 6.07) is 2.23. The fourth-order valence-electron chi connectivity index (χ4n) is 2.87. The van der Waals surface area contributed by atoms with Gasteiger partial charge in [0.25, 0.3) is 5.91 Å². The van der Waals surface area contributed by atoms with Crippen molar-refractivity contribution >= 4 is 33.7 Å². The summed E-state index contributed by atoms with van der Waals surface area (Å²) in [5, 5.41) is 11.8. The number of aliphatic carboxylic acids is 1. The predicted molar refractivity (Wildman–Crippen MR) is 92.6 cm³/mol. The zero-order chi connectivity index (χ0) is 18.7. The lowest BCUT2D eigenvalue weighted by Crippen LogP contribution is -2.53. The van der Waals surface area contributed by atoms with Crippen LogP contribution < -0.4 is 5.32 Å². The van der Waals surface area contributed by atoms with Gasteiger partial charge in [-0.1, -0.05) is 29.8 Å². The maximum absolute atomic E-state index is 14.0. The number of nitrogens with zero attached hydrogens (tertiary/aromatic N) is 1. The number of hydrogen-bond acceptors (Lipinski definition) is 3. The number of hydrogen-bond donors (Lipinski definition) is 2. The maximum atomic E-state index is 14.0. The van der Waals surface area contributed by atoms with Crippen LogP contribution in [0.1, 0.15) is 37.0 Å². The molecule has 6 nitrogen and oxygen atoms in total. The van der Waals surface area contributed by atoms with E-state index in [1.165, 1.54) is 23.1 Å². The molecule has 0 aromatic heterocycles. The van der Waals surface area contributed by atoms with Gasteiger partial charge in [0.2, 0.25) is 5.91 Å². The molecule has 0 spiro atoms.